The number of thiocarbonyl (C=S) groups is 1. The summed E-state index contributed by atoms with van der Waals surface area (Å²) in [6.07, 6.45) is 2.28. The molecule has 1 saturated heterocycles. The van der Waals surface area contributed by atoms with Gasteiger partial charge in [0.25, 0.3) is 0 Å². The van der Waals surface area contributed by atoms with Crippen molar-refractivity contribution in [2.45, 2.75) is 25.6 Å². The van der Waals surface area contributed by atoms with Crippen LogP contribution in [0, 0.1) is 0 Å². The van der Waals surface area contributed by atoms with Crippen LogP contribution in [0.5, 0.6) is 0 Å². The molecular formula is C13H17NO2S. The van der Waals surface area contributed by atoms with Crippen LogP contribution in [-0.2, 0) is 16.1 Å². The van der Waals surface area contributed by atoms with Crippen LogP contribution in [0.3, 0.4) is 0 Å². The number of hydrogen-bond acceptors (Lipinski definition) is 3. The molecule has 1 aliphatic heterocycles. The van der Waals surface area contributed by atoms with Crippen molar-refractivity contribution in [3.8, 4) is 0 Å². The van der Waals surface area contributed by atoms with Crippen molar-refractivity contribution in [2.24, 2.45) is 5.73 Å². The predicted molar refractivity (Wildman–Crippen MR) is 71.0 cm³/mol. The minimum absolute atomic E-state index is 0.317. The van der Waals surface area contributed by atoms with E-state index in [4.69, 9.17) is 27.4 Å². The lowest BCUT2D eigenvalue weighted by Gasteiger charge is -2.22. The van der Waals surface area contributed by atoms with Crippen molar-refractivity contribution in [2.75, 3.05) is 13.2 Å². The second-order valence-electron chi connectivity index (χ2n) is 4.19. The van der Waals surface area contributed by atoms with Crippen LogP contribution < -0.4 is 5.73 Å². The van der Waals surface area contributed by atoms with Crippen LogP contribution in [0.2, 0.25) is 0 Å². The lowest BCUT2D eigenvalue weighted by Crippen LogP contribution is -2.23. The fraction of sp³-hybridized carbons (Fsp3) is 0.462. The van der Waals surface area contributed by atoms with Crippen molar-refractivity contribution in [3.63, 3.8) is 0 Å². The largest absolute Gasteiger partial charge is 0.389 e. The highest BCUT2D eigenvalue weighted by atomic mass is 32.1. The van der Waals surface area contributed by atoms with Gasteiger partial charge in [0, 0.05) is 18.8 Å². The molecule has 92 valence electrons. The maximum absolute atomic E-state index is 5.84. The van der Waals surface area contributed by atoms with Gasteiger partial charge in [-0.15, -0.1) is 0 Å². The molecule has 3 nitrogen and oxygen atoms in total. The lowest BCUT2D eigenvalue weighted by molar-refractivity contribution is -0.0390. The monoisotopic (exact) mass is 251 g/mol. The summed E-state index contributed by atoms with van der Waals surface area (Å²) in [4.78, 5) is 0.429. The topological polar surface area (TPSA) is 44.5 Å². The molecule has 0 bridgehead atoms. The fourth-order valence-corrected chi connectivity index (χ4v) is 2.00. The molecule has 1 aliphatic rings. The van der Waals surface area contributed by atoms with Crippen molar-refractivity contribution in [1.29, 1.82) is 0 Å². The molecule has 1 heterocycles. The molecule has 0 atom stereocenters. The normalized spacial score (nSPS) is 16.9. The molecule has 0 amide bonds. The average molecular weight is 251 g/mol. The molecule has 1 fully saturated rings. The summed E-state index contributed by atoms with van der Waals surface area (Å²) < 4.78 is 11.1. The van der Waals surface area contributed by atoms with Gasteiger partial charge in [0.05, 0.1) is 12.7 Å². The lowest BCUT2D eigenvalue weighted by atomic mass is 10.1. The maximum atomic E-state index is 5.84. The van der Waals surface area contributed by atoms with Gasteiger partial charge in [0.15, 0.2) is 0 Å². The van der Waals surface area contributed by atoms with E-state index < -0.39 is 0 Å². The second-order valence-corrected chi connectivity index (χ2v) is 4.63. The predicted octanol–water partition coefficient (Wildman–Crippen LogP) is 2.02. The van der Waals surface area contributed by atoms with Gasteiger partial charge in [-0.05, 0) is 24.5 Å². The number of ether oxygens (including phenoxy) is 2. The number of nitrogens with two attached hydrogens (primary N) is 1. The molecule has 0 spiro atoms. The Bertz CT molecular complexity index is 389. The molecule has 1 aromatic carbocycles. The van der Waals surface area contributed by atoms with Crippen molar-refractivity contribution < 1.29 is 9.47 Å². The standard InChI is InChI=1S/C13H17NO2S/c14-13(17)11-3-1-2-10(8-11)9-16-12-4-6-15-7-5-12/h1-3,8,12H,4-7,9H2,(H2,14,17). The van der Waals surface area contributed by atoms with Gasteiger partial charge in [-0.1, -0.05) is 30.4 Å². The maximum Gasteiger partial charge on any atom is 0.103 e. The van der Waals surface area contributed by atoms with Gasteiger partial charge in [-0.25, -0.2) is 0 Å². The molecule has 17 heavy (non-hydrogen) atoms. The van der Waals surface area contributed by atoms with E-state index in [-0.39, 0.29) is 0 Å². The van der Waals surface area contributed by atoms with Crippen molar-refractivity contribution in [1.82, 2.24) is 0 Å². The summed E-state index contributed by atoms with van der Waals surface area (Å²) in [6, 6.07) is 7.89. The van der Waals surface area contributed by atoms with E-state index in [1.807, 2.05) is 24.3 Å². The van der Waals surface area contributed by atoms with Crippen LogP contribution in [0.1, 0.15) is 24.0 Å². The van der Waals surface area contributed by atoms with E-state index >= 15 is 0 Å². The van der Waals surface area contributed by atoms with E-state index in [0.717, 1.165) is 37.2 Å². The van der Waals surface area contributed by atoms with Crippen LogP contribution in [0.15, 0.2) is 24.3 Å². The Balaban J connectivity index is 1.89. The minimum Gasteiger partial charge on any atom is -0.389 e. The van der Waals surface area contributed by atoms with E-state index in [2.05, 4.69) is 0 Å². The highest BCUT2D eigenvalue weighted by Crippen LogP contribution is 2.14. The number of benzene rings is 1. The number of rotatable bonds is 4. The number of hydrogen-bond donors (Lipinski definition) is 1. The molecule has 0 aliphatic carbocycles. The zero-order valence-electron chi connectivity index (χ0n) is 9.72. The quantitative estimate of drug-likeness (QED) is 0.832. The Morgan fingerprint density at radius 3 is 2.88 bits per heavy atom. The first-order chi connectivity index (χ1) is 8.25. The summed E-state index contributed by atoms with van der Waals surface area (Å²) in [5.41, 5.74) is 7.60. The Labute approximate surface area is 107 Å². The summed E-state index contributed by atoms with van der Waals surface area (Å²) in [5, 5.41) is 0. The molecule has 2 rings (SSSR count). The third-order valence-corrected chi connectivity index (χ3v) is 3.10. The molecule has 0 saturated carbocycles. The van der Waals surface area contributed by atoms with E-state index in [9.17, 15) is 0 Å². The Kier molecular flexibility index (Phi) is 4.48. The fourth-order valence-electron chi connectivity index (χ4n) is 1.87. The smallest absolute Gasteiger partial charge is 0.103 e. The summed E-state index contributed by atoms with van der Waals surface area (Å²) >= 11 is 4.95. The van der Waals surface area contributed by atoms with Gasteiger partial charge in [0.1, 0.15) is 4.99 Å². The Morgan fingerprint density at radius 1 is 1.41 bits per heavy atom. The van der Waals surface area contributed by atoms with Gasteiger partial charge in [-0.2, -0.15) is 0 Å². The molecule has 0 aromatic heterocycles. The van der Waals surface area contributed by atoms with Gasteiger partial charge >= 0.3 is 0 Å². The molecule has 0 radical (unpaired) electrons. The third-order valence-electron chi connectivity index (χ3n) is 2.87. The first kappa shape index (κ1) is 12.5. The van der Waals surface area contributed by atoms with E-state index in [0.29, 0.717) is 17.7 Å². The molecule has 1 aromatic rings. The zero-order chi connectivity index (χ0) is 12.1. The zero-order valence-corrected chi connectivity index (χ0v) is 10.5. The van der Waals surface area contributed by atoms with Crippen LogP contribution in [0.25, 0.3) is 0 Å². The van der Waals surface area contributed by atoms with Crippen molar-refractivity contribution >= 4 is 17.2 Å². The highest BCUT2D eigenvalue weighted by Gasteiger charge is 2.13. The molecule has 0 unspecified atom stereocenters. The Hall–Kier alpha value is -0.970. The summed E-state index contributed by atoms with van der Waals surface area (Å²) in [5.74, 6) is 0. The Morgan fingerprint density at radius 2 is 2.18 bits per heavy atom. The van der Waals surface area contributed by atoms with Crippen molar-refractivity contribution in [3.05, 3.63) is 35.4 Å². The first-order valence-corrected chi connectivity index (χ1v) is 6.24. The van der Waals surface area contributed by atoms with Crippen LogP contribution >= 0.6 is 12.2 Å². The van der Waals surface area contributed by atoms with Gasteiger partial charge in [-0.3, -0.25) is 0 Å². The van der Waals surface area contributed by atoms with Crippen LogP contribution in [0.4, 0.5) is 0 Å². The summed E-state index contributed by atoms with van der Waals surface area (Å²) in [7, 11) is 0. The van der Waals surface area contributed by atoms with E-state index in [1.54, 1.807) is 0 Å². The first-order valence-electron chi connectivity index (χ1n) is 5.84. The average Bonchev–Trinajstić information content (AvgIpc) is 2.38. The van der Waals surface area contributed by atoms with Gasteiger partial charge in [0.2, 0.25) is 0 Å². The second kappa shape index (κ2) is 6.10. The molecule has 4 heteroatoms. The summed E-state index contributed by atoms with van der Waals surface area (Å²) in [6.45, 7) is 2.22. The SMILES string of the molecule is NC(=S)c1cccc(COC2CCOCC2)c1. The highest BCUT2D eigenvalue weighted by molar-refractivity contribution is 7.80. The van der Waals surface area contributed by atoms with Gasteiger partial charge < -0.3 is 15.2 Å². The van der Waals surface area contributed by atoms with Crippen LogP contribution in [-0.4, -0.2) is 24.3 Å². The third kappa shape index (κ3) is 3.77. The van der Waals surface area contributed by atoms with E-state index in [1.165, 1.54) is 0 Å². The minimum atomic E-state index is 0.317. The molecule has 2 N–H and O–H groups in total. The molecular weight excluding hydrogens is 234 g/mol.